The second-order valence-electron chi connectivity index (χ2n) is 10.8. The van der Waals surface area contributed by atoms with Crippen molar-refractivity contribution in [3.63, 3.8) is 0 Å². The Bertz CT molecular complexity index is 1150. The second-order valence-corrected chi connectivity index (χ2v) is 10.8. The van der Waals surface area contributed by atoms with Gasteiger partial charge >= 0.3 is 0 Å². The molecule has 0 bridgehead atoms. The summed E-state index contributed by atoms with van der Waals surface area (Å²) in [4.78, 5) is 33.7. The molecule has 2 saturated heterocycles. The van der Waals surface area contributed by atoms with E-state index in [1.165, 1.54) is 19.3 Å². The summed E-state index contributed by atoms with van der Waals surface area (Å²) < 4.78 is 0. The van der Waals surface area contributed by atoms with Crippen molar-refractivity contribution in [3.05, 3.63) is 36.2 Å². The lowest BCUT2D eigenvalue weighted by molar-refractivity contribution is -0.123. The number of hydrogen-bond donors (Lipinski definition) is 3. The van der Waals surface area contributed by atoms with Crippen molar-refractivity contribution >= 4 is 35.3 Å². The van der Waals surface area contributed by atoms with Crippen molar-refractivity contribution in [1.82, 2.24) is 25.2 Å². The van der Waals surface area contributed by atoms with E-state index in [-0.39, 0.29) is 23.6 Å². The molecular formula is C27H36N8O2. The van der Waals surface area contributed by atoms with Gasteiger partial charge in [-0.25, -0.2) is 9.97 Å². The summed E-state index contributed by atoms with van der Waals surface area (Å²) in [6, 6.07) is 3.70. The molecule has 10 nitrogen and oxygen atoms in total. The zero-order valence-electron chi connectivity index (χ0n) is 21.4. The van der Waals surface area contributed by atoms with Crippen molar-refractivity contribution in [2.24, 2.45) is 0 Å². The first-order valence-electron chi connectivity index (χ1n) is 13.5. The van der Waals surface area contributed by atoms with Crippen LogP contribution in [0, 0.1) is 0 Å². The van der Waals surface area contributed by atoms with Gasteiger partial charge in [-0.3, -0.25) is 9.69 Å². The molecule has 2 atom stereocenters. The Morgan fingerprint density at radius 2 is 1.95 bits per heavy atom. The van der Waals surface area contributed by atoms with Crippen molar-refractivity contribution in [3.8, 4) is 0 Å². The SMILES string of the molecule is C[C@@H](O)CN1CCN(c2ccc(Nc3ncc4c(n3)N3C(C=C4)C(=O)NCC34CCCCC4)nc2)CC1. The van der Waals surface area contributed by atoms with E-state index >= 15 is 0 Å². The fourth-order valence-corrected chi connectivity index (χ4v) is 6.28. The summed E-state index contributed by atoms with van der Waals surface area (Å²) in [6.45, 7) is 6.90. The number of piperazine rings is 2. The number of aliphatic hydroxyl groups excluding tert-OH is 1. The Kier molecular flexibility index (Phi) is 6.46. The third-order valence-electron chi connectivity index (χ3n) is 8.16. The number of rotatable bonds is 5. The van der Waals surface area contributed by atoms with Crippen LogP contribution in [-0.4, -0.2) is 87.8 Å². The van der Waals surface area contributed by atoms with Crippen LogP contribution in [0.15, 0.2) is 30.6 Å². The minimum absolute atomic E-state index is 0.0372. The van der Waals surface area contributed by atoms with Crippen molar-refractivity contribution in [1.29, 1.82) is 0 Å². The molecule has 1 unspecified atom stereocenters. The lowest BCUT2D eigenvalue weighted by atomic mass is 9.77. The highest BCUT2D eigenvalue weighted by molar-refractivity contribution is 5.93. The third-order valence-corrected chi connectivity index (χ3v) is 8.16. The highest BCUT2D eigenvalue weighted by atomic mass is 16.3. The van der Waals surface area contributed by atoms with Gasteiger partial charge in [0, 0.05) is 51.0 Å². The predicted molar refractivity (Wildman–Crippen MR) is 144 cm³/mol. The maximum Gasteiger partial charge on any atom is 0.246 e. The predicted octanol–water partition coefficient (Wildman–Crippen LogP) is 2.15. The molecule has 0 aromatic carbocycles. The Labute approximate surface area is 217 Å². The summed E-state index contributed by atoms with van der Waals surface area (Å²) in [6.07, 6.45) is 13.1. The van der Waals surface area contributed by atoms with E-state index in [1.54, 1.807) is 0 Å². The normalized spacial score (nSPS) is 23.8. The van der Waals surface area contributed by atoms with Crippen LogP contribution >= 0.6 is 0 Å². The Balaban J connectivity index is 1.18. The lowest BCUT2D eigenvalue weighted by Crippen LogP contribution is -2.69. The molecule has 4 aliphatic rings. The minimum Gasteiger partial charge on any atom is -0.392 e. The second kappa shape index (κ2) is 9.90. The Morgan fingerprint density at radius 1 is 1.14 bits per heavy atom. The standard InChI is InChI=1S/C27H36N8O2/c1-19(36)17-33-11-13-34(14-12-33)21-6-8-23(28-16-21)31-26-29-15-20-5-7-22-25(37)30-18-27(9-3-2-4-10-27)35(22)24(20)32-26/h5-8,15-16,19,22,36H,2-4,9-14,17-18H2,1H3,(H,30,37)(H,28,29,31,32)/t19-,22?/m1/s1. The molecule has 0 radical (unpaired) electrons. The fraction of sp³-hybridized carbons (Fsp3) is 0.556. The molecule has 5 heterocycles. The van der Waals surface area contributed by atoms with E-state index in [1.807, 2.05) is 37.5 Å². The van der Waals surface area contributed by atoms with Crippen LogP contribution in [0.1, 0.15) is 44.6 Å². The molecule has 3 fully saturated rings. The smallest absolute Gasteiger partial charge is 0.246 e. The number of carbonyl (C=O) groups is 1. The van der Waals surface area contributed by atoms with E-state index in [4.69, 9.17) is 4.98 Å². The number of anilines is 4. The molecule has 2 aromatic heterocycles. The molecule has 1 amide bonds. The van der Waals surface area contributed by atoms with Gasteiger partial charge in [-0.1, -0.05) is 31.4 Å². The number of amides is 1. The first kappa shape index (κ1) is 24.1. The van der Waals surface area contributed by atoms with Crippen molar-refractivity contribution < 1.29 is 9.90 Å². The molecule has 6 rings (SSSR count). The minimum atomic E-state index is -0.333. The van der Waals surface area contributed by atoms with Crippen LogP contribution in [-0.2, 0) is 4.79 Å². The number of nitrogens with one attached hydrogen (secondary N) is 2. The van der Waals surface area contributed by atoms with Gasteiger partial charge in [-0.2, -0.15) is 4.98 Å². The third kappa shape index (κ3) is 4.75. The van der Waals surface area contributed by atoms with Crippen LogP contribution in [0.5, 0.6) is 0 Å². The number of β-amino-alcohol motifs (C(OH)–C–C–N with tert-alkyl or cyclic N) is 1. The van der Waals surface area contributed by atoms with Crippen LogP contribution in [0.25, 0.3) is 6.08 Å². The van der Waals surface area contributed by atoms with Gasteiger partial charge in [0.2, 0.25) is 11.9 Å². The van der Waals surface area contributed by atoms with Gasteiger partial charge in [-0.05, 0) is 31.9 Å². The van der Waals surface area contributed by atoms with Crippen LogP contribution in [0.2, 0.25) is 0 Å². The number of nitrogens with zero attached hydrogens (tertiary/aromatic N) is 6. The largest absolute Gasteiger partial charge is 0.392 e. The van der Waals surface area contributed by atoms with Gasteiger partial charge in [0.1, 0.15) is 17.7 Å². The summed E-state index contributed by atoms with van der Waals surface area (Å²) >= 11 is 0. The molecule has 10 heteroatoms. The quantitative estimate of drug-likeness (QED) is 0.564. The van der Waals surface area contributed by atoms with Crippen molar-refractivity contribution in [2.75, 3.05) is 54.4 Å². The molecule has 1 saturated carbocycles. The zero-order valence-corrected chi connectivity index (χ0v) is 21.4. The van der Waals surface area contributed by atoms with Crippen LogP contribution in [0.3, 0.4) is 0 Å². The molecule has 196 valence electrons. The highest BCUT2D eigenvalue weighted by Gasteiger charge is 2.49. The zero-order chi connectivity index (χ0) is 25.4. The maximum absolute atomic E-state index is 12.8. The summed E-state index contributed by atoms with van der Waals surface area (Å²) in [7, 11) is 0. The molecule has 1 spiro atoms. The van der Waals surface area contributed by atoms with E-state index in [2.05, 4.69) is 41.4 Å². The number of fused-ring (bicyclic) bond motifs is 4. The van der Waals surface area contributed by atoms with E-state index in [0.717, 1.165) is 62.6 Å². The number of hydrogen-bond acceptors (Lipinski definition) is 9. The van der Waals surface area contributed by atoms with E-state index in [0.29, 0.717) is 18.3 Å². The Hall–Kier alpha value is -3.24. The molecule has 37 heavy (non-hydrogen) atoms. The topological polar surface area (TPSA) is 110 Å². The van der Waals surface area contributed by atoms with Gasteiger partial charge in [0.05, 0.1) is 23.5 Å². The fourth-order valence-electron chi connectivity index (χ4n) is 6.28. The van der Waals surface area contributed by atoms with E-state index < -0.39 is 0 Å². The van der Waals surface area contributed by atoms with Crippen LogP contribution < -0.4 is 20.4 Å². The van der Waals surface area contributed by atoms with Crippen molar-refractivity contribution in [2.45, 2.75) is 56.7 Å². The number of pyridine rings is 1. The summed E-state index contributed by atoms with van der Waals surface area (Å²) in [5.41, 5.74) is 1.93. The number of aromatic nitrogens is 3. The average Bonchev–Trinajstić information content (AvgIpc) is 2.92. The maximum atomic E-state index is 12.8. The summed E-state index contributed by atoms with van der Waals surface area (Å²) in [5, 5.41) is 16.1. The van der Waals surface area contributed by atoms with Gasteiger partial charge in [0.25, 0.3) is 0 Å². The Morgan fingerprint density at radius 3 is 2.68 bits per heavy atom. The molecule has 3 N–H and O–H groups in total. The van der Waals surface area contributed by atoms with Gasteiger partial charge < -0.3 is 25.5 Å². The highest BCUT2D eigenvalue weighted by Crippen LogP contribution is 2.42. The number of aliphatic hydroxyl groups is 1. The monoisotopic (exact) mass is 504 g/mol. The lowest BCUT2D eigenvalue weighted by Gasteiger charge is -2.54. The molecule has 3 aliphatic heterocycles. The van der Waals surface area contributed by atoms with Crippen LogP contribution in [0.4, 0.5) is 23.3 Å². The average molecular weight is 505 g/mol. The van der Waals surface area contributed by atoms with Gasteiger partial charge in [-0.15, -0.1) is 0 Å². The molecular weight excluding hydrogens is 468 g/mol. The number of carbonyl (C=O) groups excluding carboxylic acids is 1. The summed E-state index contributed by atoms with van der Waals surface area (Å²) in [5.74, 6) is 2.03. The van der Waals surface area contributed by atoms with E-state index in [9.17, 15) is 9.90 Å². The first-order valence-corrected chi connectivity index (χ1v) is 13.5. The molecule has 2 aromatic rings. The first-order chi connectivity index (χ1) is 18.0. The van der Waals surface area contributed by atoms with Gasteiger partial charge in [0.15, 0.2) is 0 Å². The molecule has 1 aliphatic carbocycles.